The van der Waals surface area contributed by atoms with Gasteiger partial charge in [0.15, 0.2) is 5.41 Å². The fourth-order valence-electron chi connectivity index (χ4n) is 3.45. The lowest BCUT2D eigenvalue weighted by Gasteiger charge is -2.43. The molecule has 4 nitrogen and oxygen atoms in total. The van der Waals surface area contributed by atoms with Crippen LogP contribution in [0.4, 0.5) is 0 Å². The summed E-state index contributed by atoms with van der Waals surface area (Å²) < 4.78 is 0. The lowest BCUT2D eigenvalue weighted by atomic mass is 9.60. The van der Waals surface area contributed by atoms with Crippen LogP contribution < -0.4 is 0 Å². The zero-order valence-electron chi connectivity index (χ0n) is 12.8. The Morgan fingerprint density at radius 2 is 1.25 bits per heavy atom. The third-order valence-corrected chi connectivity index (χ3v) is 5.10. The number of carboxylic acids is 2. The van der Waals surface area contributed by atoms with E-state index in [0.29, 0.717) is 0 Å². The molecule has 0 amide bonds. The predicted octanol–water partition coefficient (Wildman–Crippen LogP) is 4.08. The molecule has 0 heterocycles. The van der Waals surface area contributed by atoms with Crippen LogP contribution in [-0.4, -0.2) is 22.2 Å². The van der Waals surface area contributed by atoms with E-state index in [1.165, 1.54) is 0 Å². The van der Waals surface area contributed by atoms with Crippen LogP contribution in [0.3, 0.4) is 0 Å². The Hall–Kier alpha value is -1.06. The maximum atomic E-state index is 11.4. The zero-order chi connectivity index (χ0) is 15.2. The van der Waals surface area contributed by atoms with Crippen LogP contribution in [0, 0.1) is 10.8 Å². The Morgan fingerprint density at radius 3 is 1.55 bits per heavy atom. The fourth-order valence-corrected chi connectivity index (χ4v) is 3.45. The van der Waals surface area contributed by atoms with Gasteiger partial charge in [0, 0.05) is 0 Å². The molecule has 0 unspecified atom stereocenters. The molecule has 0 aromatic carbocycles. The summed E-state index contributed by atoms with van der Waals surface area (Å²) in [5.74, 6) is -2.32. The third kappa shape index (κ3) is 3.53. The lowest BCUT2D eigenvalue weighted by Crippen LogP contribution is -2.45. The molecule has 0 aliphatic heterocycles. The maximum Gasteiger partial charge on any atom is 0.321 e. The molecule has 1 aliphatic rings. The highest BCUT2D eigenvalue weighted by Gasteiger charge is 2.51. The summed E-state index contributed by atoms with van der Waals surface area (Å²) in [6.07, 6.45) is 8.84. The molecule has 1 rings (SSSR count). The molecule has 0 aromatic rings. The van der Waals surface area contributed by atoms with Crippen molar-refractivity contribution in [3.05, 3.63) is 0 Å². The molecule has 20 heavy (non-hydrogen) atoms. The van der Waals surface area contributed by atoms with E-state index in [4.69, 9.17) is 0 Å². The number of carboxylic acid groups (broad SMARTS) is 2. The summed E-state index contributed by atoms with van der Waals surface area (Å²) in [6.45, 7) is 4.32. The van der Waals surface area contributed by atoms with Gasteiger partial charge in [0.2, 0.25) is 0 Å². The van der Waals surface area contributed by atoms with Crippen molar-refractivity contribution in [2.45, 2.75) is 78.1 Å². The first-order valence-electron chi connectivity index (χ1n) is 7.89. The summed E-state index contributed by atoms with van der Waals surface area (Å²) in [7, 11) is 0. The summed E-state index contributed by atoms with van der Waals surface area (Å²) in [4.78, 5) is 22.8. The van der Waals surface area contributed by atoms with Gasteiger partial charge in [-0.05, 0) is 43.9 Å². The standard InChI is InChI=1S/C16H28O4/c1-3-5-7-15(8-6-4-2)9-11-16(12-10-15,13(17)18)14(19)20/h3-12H2,1-2H3,(H,17,18)(H,19,20). The zero-order valence-corrected chi connectivity index (χ0v) is 12.8. The van der Waals surface area contributed by atoms with Gasteiger partial charge in [-0.25, -0.2) is 0 Å². The van der Waals surface area contributed by atoms with Gasteiger partial charge in [-0.15, -0.1) is 0 Å². The lowest BCUT2D eigenvalue weighted by molar-refractivity contribution is -0.169. The molecule has 116 valence electrons. The van der Waals surface area contributed by atoms with Gasteiger partial charge in [0.25, 0.3) is 0 Å². The summed E-state index contributed by atoms with van der Waals surface area (Å²) >= 11 is 0. The Labute approximate surface area is 121 Å². The Bertz CT molecular complexity index is 314. The van der Waals surface area contributed by atoms with Crippen molar-refractivity contribution in [2.24, 2.45) is 10.8 Å². The van der Waals surface area contributed by atoms with Gasteiger partial charge < -0.3 is 10.2 Å². The Balaban J connectivity index is 2.80. The molecule has 0 bridgehead atoms. The Morgan fingerprint density at radius 1 is 0.850 bits per heavy atom. The monoisotopic (exact) mass is 284 g/mol. The van der Waals surface area contributed by atoms with Crippen molar-refractivity contribution in [1.82, 2.24) is 0 Å². The molecule has 0 aromatic heterocycles. The highest BCUT2D eigenvalue weighted by Crippen LogP contribution is 2.51. The number of unbranched alkanes of at least 4 members (excludes halogenated alkanes) is 2. The third-order valence-electron chi connectivity index (χ3n) is 5.10. The van der Waals surface area contributed by atoms with Crippen molar-refractivity contribution in [3.63, 3.8) is 0 Å². The van der Waals surface area contributed by atoms with Crippen LogP contribution in [0.15, 0.2) is 0 Å². The topological polar surface area (TPSA) is 74.6 Å². The molecule has 0 radical (unpaired) electrons. The Kier molecular flexibility index (Phi) is 6.03. The van der Waals surface area contributed by atoms with Crippen molar-refractivity contribution < 1.29 is 19.8 Å². The largest absolute Gasteiger partial charge is 0.480 e. The minimum Gasteiger partial charge on any atom is -0.480 e. The van der Waals surface area contributed by atoms with Gasteiger partial charge >= 0.3 is 11.9 Å². The maximum absolute atomic E-state index is 11.4. The number of aliphatic carboxylic acids is 2. The van der Waals surface area contributed by atoms with E-state index in [1.54, 1.807) is 0 Å². The molecule has 1 aliphatic carbocycles. The second kappa shape index (κ2) is 7.09. The first kappa shape index (κ1) is 17.0. The predicted molar refractivity (Wildman–Crippen MR) is 77.7 cm³/mol. The van der Waals surface area contributed by atoms with Gasteiger partial charge in [-0.3, -0.25) is 9.59 Å². The van der Waals surface area contributed by atoms with Crippen molar-refractivity contribution in [3.8, 4) is 0 Å². The van der Waals surface area contributed by atoms with E-state index in [1.807, 2.05) is 0 Å². The SMILES string of the molecule is CCCCC1(CCCC)CCC(C(=O)O)(C(=O)O)CC1. The molecule has 1 fully saturated rings. The minimum absolute atomic E-state index is 0.181. The van der Waals surface area contributed by atoms with Crippen molar-refractivity contribution in [2.75, 3.05) is 0 Å². The second-order valence-corrected chi connectivity index (χ2v) is 6.40. The fraction of sp³-hybridized carbons (Fsp3) is 0.875. The van der Waals surface area contributed by atoms with Crippen LogP contribution >= 0.6 is 0 Å². The molecule has 4 heteroatoms. The number of hydrogen-bond donors (Lipinski definition) is 2. The van der Waals surface area contributed by atoms with E-state index in [-0.39, 0.29) is 18.3 Å². The van der Waals surface area contributed by atoms with E-state index in [9.17, 15) is 19.8 Å². The van der Waals surface area contributed by atoms with E-state index in [0.717, 1.165) is 51.4 Å². The van der Waals surface area contributed by atoms with Gasteiger partial charge in [0.05, 0.1) is 0 Å². The van der Waals surface area contributed by atoms with Crippen molar-refractivity contribution in [1.29, 1.82) is 0 Å². The highest BCUT2D eigenvalue weighted by atomic mass is 16.4. The summed E-state index contributed by atoms with van der Waals surface area (Å²) in [5, 5.41) is 18.6. The van der Waals surface area contributed by atoms with Crippen LogP contribution in [0.2, 0.25) is 0 Å². The van der Waals surface area contributed by atoms with E-state index in [2.05, 4.69) is 13.8 Å². The van der Waals surface area contributed by atoms with Crippen LogP contribution in [0.25, 0.3) is 0 Å². The van der Waals surface area contributed by atoms with Gasteiger partial charge in [-0.2, -0.15) is 0 Å². The number of carbonyl (C=O) groups is 2. The molecular formula is C16H28O4. The molecule has 1 saturated carbocycles. The second-order valence-electron chi connectivity index (χ2n) is 6.40. The average Bonchev–Trinajstić information content (AvgIpc) is 2.43. The van der Waals surface area contributed by atoms with Gasteiger partial charge in [-0.1, -0.05) is 39.5 Å². The first-order chi connectivity index (χ1) is 9.42. The van der Waals surface area contributed by atoms with E-state index >= 15 is 0 Å². The molecule has 0 saturated heterocycles. The molecule has 2 N–H and O–H groups in total. The first-order valence-corrected chi connectivity index (χ1v) is 7.89. The molecule has 0 atom stereocenters. The molecule has 0 spiro atoms. The number of hydrogen-bond acceptors (Lipinski definition) is 2. The molecular weight excluding hydrogens is 256 g/mol. The smallest absolute Gasteiger partial charge is 0.321 e. The van der Waals surface area contributed by atoms with E-state index < -0.39 is 17.4 Å². The normalized spacial score (nSPS) is 20.5. The van der Waals surface area contributed by atoms with Gasteiger partial charge in [0.1, 0.15) is 0 Å². The van der Waals surface area contributed by atoms with Crippen molar-refractivity contribution >= 4 is 11.9 Å². The summed E-state index contributed by atoms with van der Waals surface area (Å²) in [6, 6.07) is 0. The van der Waals surface area contributed by atoms with Crippen LogP contribution in [0.5, 0.6) is 0 Å². The summed E-state index contributed by atoms with van der Waals surface area (Å²) in [5.41, 5.74) is -1.36. The van der Waals surface area contributed by atoms with Crippen LogP contribution in [-0.2, 0) is 9.59 Å². The number of rotatable bonds is 8. The highest BCUT2D eigenvalue weighted by molar-refractivity contribution is 5.98. The average molecular weight is 284 g/mol. The van der Waals surface area contributed by atoms with Crippen LogP contribution in [0.1, 0.15) is 78.1 Å². The quantitative estimate of drug-likeness (QED) is 0.658. The minimum atomic E-state index is -1.54.